The van der Waals surface area contributed by atoms with Crippen LogP contribution in [0.3, 0.4) is 0 Å². The van der Waals surface area contributed by atoms with Gasteiger partial charge in [-0.05, 0) is 0 Å². The van der Waals surface area contributed by atoms with Crippen molar-refractivity contribution in [2.75, 3.05) is 0 Å². The molecule has 0 unspecified atom stereocenters. The van der Waals surface area contributed by atoms with Crippen LogP contribution in [0.25, 0.3) is 0 Å². The molecule has 0 fully saturated rings. The third kappa shape index (κ3) is 9.17. The normalized spacial score (nSPS) is 6.50. The average molecular weight is 157 g/mol. The summed E-state index contributed by atoms with van der Waals surface area (Å²) < 4.78 is 0. The van der Waals surface area contributed by atoms with Crippen molar-refractivity contribution in [3.8, 4) is 0 Å². The van der Waals surface area contributed by atoms with Crippen LogP contribution < -0.4 is 0 Å². The van der Waals surface area contributed by atoms with Crippen LogP contribution in [0.15, 0.2) is 0 Å². The van der Waals surface area contributed by atoms with Crippen LogP contribution in [0.2, 0.25) is 5.28 Å². The molecule has 0 saturated heterocycles. The average Bonchev–Trinajstić information content (AvgIpc) is 1.38. The van der Waals surface area contributed by atoms with E-state index in [1.54, 1.807) is 0 Å². The van der Waals surface area contributed by atoms with E-state index in [-0.39, 0.29) is 17.4 Å². The first kappa shape index (κ1) is 10.6. The van der Waals surface area contributed by atoms with E-state index < -0.39 is 12.3 Å². The van der Waals surface area contributed by atoms with Gasteiger partial charge in [-0.2, -0.15) is 0 Å². The molecule has 0 nitrogen and oxygen atoms in total. The highest BCUT2D eigenvalue weighted by Crippen LogP contribution is 1.98. The number of halogens is 2. The van der Waals surface area contributed by atoms with Gasteiger partial charge in [0.25, 0.3) is 0 Å². The van der Waals surface area contributed by atoms with Crippen LogP contribution in [0.4, 0.5) is 0 Å². The largest absolute Gasteiger partial charge is 0.519 e. The zero-order valence-electron chi connectivity index (χ0n) is 3.04. The molecule has 0 rings (SSSR count). The van der Waals surface area contributed by atoms with Crippen molar-refractivity contribution >= 4 is 49.8 Å². The van der Waals surface area contributed by atoms with Gasteiger partial charge in [-0.25, -0.2) is 20.1 Å². The van der Waals surface area contributed by atoms with E-state index in [4.69, 9.17) is 20.1 Å². The Labute approximate surface area is 61.7 Å². The molecular formula is C2H8Al2Cl2. The number of hydrogen-bond acceptors (Lipinski definition) is 0. The zero-order chi connectivity index (χ0) is 4.28. The summed E-state index contributed by atoms with van der Waals surface area (Å²) in [5.41, 5.74) is 0. The van der Waals surface area contributed by atoms with Gasteiger partial charge in [0, 0.05) is 0 Å². The molecule has 4 heteroatoms. The lowest BCUT2D eigenvalue weighted by atomic mass is 11.0. The van der Waals surface area contributed by atoms with Crippen LogP contribution in [0.5, 0.6) is 0 Å². The van der Waals surface area contributed by atoms with Gasteiger partial charge in [0.1, 0.15) is 0 Å². The molecule has 0 aliphatic carbocycles. The molecule has 0 N–H and O–H groups in total. The third-order valence-corrected chi connectivity index (χ3v) is 2.78. The molecule has 0 aliphatic heterocycles. The molecule has 0 spiro atoms. The maximum absolute atomic E-state index is 5.37. The van der Waals surface area contributed by atoms with E-state index in [2.05, 4.69) is 0 Å². The van der Waals surface area contributed by atoms with Crippen LogP contribution in [0, 0.1) is 0 Å². The molecule has 0 radical (unpaired) electrons. The summed E-state index contributed by atoms with van der Waals surface area (Å²) >= 11 is -1.21. The van der Waals surface area contributed by atoms with Crippen LogP contribution in [-0.4, -0.2) is 29.7 Å². The van der Waals surface area contributed by atoms with Gasteiger partial charge in [0.2, 0.25) is 0 Å². The monoisotopic (exact) mass is 156 g/mol. The van der Waals surface area contributed by atoms with Crippen LogP contribution >= 0.6 is 20.1 Å². The Bertz CT molecular complexity index is 23.5. The van der Waals surface area contributed by atoms with E-state index in [0.29, 0.717) is 0 Å². The summed E-state index contributed by atoms with van der Waals surface area (Å²) in [7, 11) is 10.7. The van der Waals surface area contributed by atoms with Crippen molar-refractivity contribution in [1.29, 1.82) is 0 Å². The lowest BCUT2D eigenvalue weighted by Crippen LogP contribution is -1.83. The van der Waals surface area contributed by atoms with Gasteiger partial charge in [0.15, 0.2) is 17.4 Å². The molecule has 0 aromatic heterocycles. The molecule has 0 amide bonds. The Kier molecular flexibility index (Phi) is 11.7. The minimum Gasteiger partial charge on any atom is -0.234 e. The van der Waals surface area contributed by atoms with Gasteiger partial charge in [0.05, 0.1) is 0 Å². The van der Waals surface area contributed by atoms with Gasteiger partial charge in [-0.15, -0.1) is 0 Å². The van der Waals surface area contributed by atoms with E-state index in [9.17, 15) is 0 Å². The molecule has 0 aromatic rings. The maximum Gasteiger partial charge on any atom is 0.519 e. The Morgan fingerprint density at radius 1 is 1.50 bits per heavy atom. The lowest BCUT2D eigenvalue weighted by molar-refractivity contribution is 1.47. The number of hydrogen-bond donors (Lipinski definition) is 0. The first-order chi connectivity index (χ1) is 2.27. The molecule has 36 valence electrons. The Balaban J connectivity index is 0. The second-order valence-corrected chi connectivity index (χ2v) is 6.23. The van der Waals surface area contributed by atoms with Crippen LogP contribution in [-0.2, 0) is 0 Å². The van der Waals surface area contributed by atoms with E-state index in [1.807, 2.05) is 6.92 Å². The molecule has 0 aliphatic rings. The first-order valence-corrected chi connectivity index (χ1v) is 5.86. The Morgan fingerprint density at radius 3 is 1.67 bits per heavy atom. The highest BCUT2D eigenvalue weighted by atomic mass is 35.7. The second kappa shape index (κ2) is 6.64. The third-order valence-electron chi connectivity index (χ3n) is 0.309. The van der Waals surface area contributed by atoms with Crippen LogP contribution in [0.1, 0.15) is 6.92 Å². The molecule has 0 aromatic carbocycles. The van der Waals surface area contributed by atoms with E-state index >= 15 is 0 Å². The standard InChI is InChI=1S/C2H5.2Al.2ClH.3H/c1-2;;;;;;;/h1H2,2H3;;;2*1H;;;/q;;+2;;;;;/p-2. The summed E-state index contributed by atoms with van der Waals surface area (Å²) in [5.74, 6) is 0. The van der Waals surface area contributed by atoms with Crippen molar-refractivity contribution in [1.82, 2.24) is 0 Å². The van der Waals surface area contributed by atoms with E-state index in [1.165, 1.54) is 0 Å². The van der Waals surface area contributed by atoms with E-state index in [0.717, 1.165) is 5.28 Å². The van der Waals surface area contributed by atoms with Gasteiger partial charge < -0.3 is 0 Å². The fourth-order valence-corrected chi connectivity index (χ4v) is 0. The predicted molar refractivity (Wildman–Crippen MR) is 37.9 cm³/mol. The topological polar surface area (TPSA) is 0 Å². The predicted octanol–water partition coefficient (Wildman–Crippen LogP) is 0.788. The summed E-state index contributed by atoms with van der Waals surface area (Å²) in [6.45, 7) is 2.00. The highest BCUT2D eigenvalue weighted by molar-refractivity contribution is 7.33. The fourth-order valence-electron chi connectivity index (χ4n) is 0. The molecular weight excluding hydrogens is 149 g/mol. The highest BCUT2D eigenvalue weighted by Gasteiger charge is 2.02. The SMILES string of the molecule is C[CH2][Al]([Cl])[Cl].[AlH3]. The minimum absolute atomic E-state index is 0. The van der Waals surface area contributed by atoms with Crippen molar-refractivity contribution in [3.05, 3.63) is 0 Å². The fraction of sp³-hybridized carbons (Fsp3) is 1.00. The zero-order valence-corrected chi connectivity index (χ0v) is 5.71. The molecule has 6 heavy (non-hydrogen) atoms. The first-order valence-electron chi connectivity index (χ1n) is 1.55. The molecule has 0 saturated carbocycles. The quantitative estimate of drug-likeness (QED) is 0.493. The Hall–Kier alpha value is 1.64. The molecule has 0 bridgehead atoms. The summed E-state index contributed by atoms with van der Waals surface area (Å²) in [6.07, 6.45) is 0. The van der Waals surface area contributed by atoms with Gasteiger partial charge in [-0.1, -0.05) is 12.2 Å². The van der Waals surface area contributed by atoms with Gasteiger partial charge >= 0.3 is 12.3 Å². The summed E-state index contributed by atoms with van der Waals surface area (Å²) in [4.78, 5) is 0. The summed E-state index contributed by atoms with van der Waals surface area (Å²) in [6, 6.07) is 0. The molecule has 0 heterocycles. The summed E-state index contributed by atoms with van der Waals surface area (Å²) in [5, 5.41) is 0.975. The lowest BCUT2D eigenvalue weighted by Gasteiger charge is -1.74. The Morgan fingerprint density at radius 2 is 1.67 bits per heavy atom. The van der Waals surface area contributed by atoms with Crippen molar-refractivity contribution in [2.45, 2.75) is 12.2 Å². The van der Waals surface area contributed by atoms with Crippen molar-refractivity contribution in [3.63, 3.8) is 0 Å². The number of rotatable bonds is 1. The van der Waals surface area contributed by atoms with Crippen molar-refractivity contribution < 1.29 is 0 Å². The minimum atomic E-state index is -1.21. The maximum atomic E-state index is 5.37. The molecule has 0 atom stereocenters. The van der Waals surface area contributed by atoms with Crippen molar-refractivity contribution in [2.24, 2.45) is 0 Å². The second-order valence-electron chi connectivity index (χ2n) is 0.799. The smallest absolute Gasteiger partial charge is 0.234 e. The van der Waals surface area contributed by atoms with Gasteiger partial charge in [-0.3, -0.25) is 0 Å².